The van der Waals surface area contributed by atoms with E-state index in [2.05, 4.69) is 15.0 Å². The van der Waals surface area contributed by atoms with Crippen LogP contribution in [-0.2, 0) is 0 Å². The van der Waals surface area contributed by atoms with Gasteiger partial charge in [0.05, 0.1) is 17.3 Å². The highest BCUT2D eigenvalue weighted by molar-refractivity contribution is 5.90. The highest BCUT2D eigenvalue weighted by Gasteiger charge is 2.24. The summed E-state index contributed by atoms with van der Waals surface area (Å²) in [7, 11) is 0. The molecule has 0 aliphatic heterocycles. The Balaban J connectivity index is 1.86. The molecule has 5 aromatic rings. The average Bonchev–Trinajstić information content (AvgIpc) is 3.16. The molecule has 5 rings (SSSR count). The van der Waals surface area contributed by atoms with E-state index in [9.17, 15) is 4.79 Å². The van der Waals surface area contributed by atoms with Crippen molar-refractivity contribution in [2.75, 3.05) is 5.73 Å². The van der Waals surface area contributed by atoms with Gasteiger partial charge in [-0.25, -0.2) is 18.9 Å². The maximum atomic E-state index is 13.4. The molecule has 8 heteroatoms. The molecule has 0 unspecified atom stereocenters. The first-order chi connectivity index (χ1) is 15.9. The molecule has 33 heavy (non-hydrogen) atoms. The van der Waals surface area contributed by atoms with Crippen molar-refractivity contribution in [1.82, 2.24) is 29.1 Å². The SMILES string of the molecule is Cc1cc(-c2c(-c3ccccc3)nc(N)n3c(=O)n([C@H](C)c4ccncc4)nc23)cc(C)n1. The molecule has 0 amide bonds. The molecule has 2 N–H and O–H groups in total. The summed E-state index contributed by atoms with van der Waals surface area (Å²) in [6.45, 7) is 5.80. The van der Waals surface area contributed by atoms with E-state index < -0.39 is 0 Å². The second kappa shape index (κ2) is 7.98. The van der Waals surface area contributed by atoms with Crippen LogP contribution in [0.25, 0.3) is 28.0 Å². The minimum absolute atomic E-state index is 0.0910. The summed E-state index contributed by atoms with van der Waals surface area (Å²) in [5.41, 5.74) is 12.3. The van der Waals surface area contributed by atoms with Crippen LogP contribution in [0.5, 0.6) is 0 Å². The van der Waals surface area contributed by atoms with E-state index in [0.717, 1.165) is 33.6 Å². The number of hydrogen-bond acceptors (Lipinski definition) is 6. The number of benzene rings is 1. The molecule has 0 fully saturated rings. The summed E-state index contributed by atoms with van der Waals surface area (Å²) in [6.07, 6.45) is 3.40. The van der Waals surface area contributed by atoms with Crippen LogP contribution in [-0.4, -0.2) is 29.1 Å². The van der Waals surface area contributed by atoms with Crippen molar-refractivity contribution in [2.45, 2.75) is 26.8 Å². The topological polar surface area (TPSA) is 104 Å². The molecule has 0 spiro atoms. The lowest BCUT2D eigenvalue weighted by Crippen LogP contribution is -2.26. The Morgan fingerprint density at radius 2 is 1.58 bits per heavy atom. The number of pyridine rings is 2. The maximum absolute atomic E-state index is 13.4. The Bertz CT molecular complexity index is 1500. The van der Waals surface area contributed by atoms with Gasteiger partial charge in [0.15, 0.2) is 5.65 Å². The quantitative estimate of drug-likeness (QED) is 0.458. The van der Waals surface area contributed by atoms with Crippen LogP contribution in [0.3, 0.4) is 0 Å². The molecule has 0 aliphatic rings. The number of rotatable bonds is 4. The Morgan fingerprint density at radius 3 is 2.24 bits per heavy atom. The van der Waals surface area contributed by atoms with E-state index in [1.54, 1.807) is 12.4 Å². The third-order valence-corrected chi connectivity index (χ3v) is 5.69. The molecule has 0 aliphatic carbocycles. The number of nitrogens with zero attached hydrogens (tertiary/aromatic N) is 6. The average molecular weight is 438 g/mol. The third kappa shape index (κ3) is 3.55. The van der Waals surface area contributed by atoms with Gasteiger partial charge >= 0.3 is 5.69 Å². The fourth-order valence-electron chi connectivity index (χ4n) is 4.16. The Hall–Kier alpha value is -4.33. The smallest absolute Gasteiger partial charge is 0.353 e. The molecule has 0 radical (unpaired) electrons. The van der Waals surface area contributed by atoms with Gasteiger partial charge < -0.3 is 5.73 Å². The monoisotopic (exact) mass is 437 g/mol. The van der Waals surface area contributed by atoms with Crippen LogP contribution in [0.1, 0.15) is 29.9 Å². The van der Waals surface area contributed by atoms with Crippen molar-refractivity contribution < 1.29 is 0 Å². The number of nitrogens with two attached hydrogens (primary N) is 1. The van der Waals surface area contributed by atoms with Crippen molar-refractivity contribution in [3.05, 3.63) is 94.4 Å². The van der Waals surface area contributed by atoms with Gasteiger partial charge in [-0.2, -0.15) is 0 Å². The molecule has 4 heterocycles. The predicted octanol–water partition coefficient (Wildman–Crippen LogP) is 3.82. The van der Waals surface area contributed by atoms with Crippen LogP contribution in [0.4, 0.5) is 5.95 Å². The molecule has 0 saturated carbocycles. The maximum Gasteiger partial charge on any atom is 0.353 e. The van der Waals surface area contributed by atoms with E-state index in [1.807, 2.05) is 75.4 Å². The summed E-state index contributed by atoms with van der Waals surface area (Å²) < 4.78 is 2.83. The summed E-state index contributed by atoms with van der Waals surface area (Å²) in [6, 6.07) is 17.2. The van der Waals surface area contributed by atoms with Gasteiger partial charge in [-0.3, -0.25) is 9.97 Å². The number of fused-ring (bicyclic) bond motifs is 1. The zero-order valence-corrected chi connectivity index (χ0v) is 18.6. The van der Waals surface area contributed by atoms with Crippen LogP contribution in [0.15, 0.2) is 71.8 Å². The Morgan fingerprint density at radius 1 is 0.909 bits per heavy atom. The first kappa shape index (κ1) is 20.6. The van der Waals surface area contributed by atoms with Crippen molar-refractivity contribution in [3.63, 3.8) is 0 Å². The van der Waals surface area contributed by atoms with Crippen LogP contribution < -0.4 is 11.4 Å². The molecule has 1 aromatic carbocycles. The second-order valence-electron chi connectivity index (χ2n) is 8.04. The van der Waals surface area contributed by atoms with Gasteiger partial charge in [-0.05, 0) is 56.2 Å². The van der Waals surface area contributed by atoms with Crippen LogP contribution in [0.2, 0.25) is 0 Å². The van der Waals surface area contributed by atoms with Gasteiger partial charge in [0.1, 0.15) is 0 Å². The van der Waals surface area contributed by atoms with Crippen molar-refractivity contribution >= 4 is 11.6 Å². The van der Waals surface area contributed by atoms with Gasteiger partial charge in [0, 0.05) is 29.3 Å². The van der Waals surface area contributed by atoms with Crippen molar-refractivity contribution in [2.24, 2.45) is 0 Å². The van der Waals surface area contributed by atoms with Gasteiger partial charge in [-0.15, -0.1) is 5.10 Å². The van der Waals surface area contributed by atoms with E-state index in [0.29, 0.717) is 11.3 Å². The van der Waals surface area contributed by atoms with Crippen LogP contribution >= 0.6 is 0 Å². The van der Waals surface area contributed by atoms with Gasteiger partial charge in [0.2, 0.25) is 5.95 Å². The number of hydrogen-bond donors (Lipinski definition) is 1. The summed E-state index contributed by atoms with van der Waals surface area (Å²) in [5, 5.41) is 4.78. The minimum Gasteiger partial charge on any atom is -0.369 e. The molecule has 0 saturated heterocycles. The number of aryl methyl sites for hydroxylation is 2. The third-order valence-electron chi connectivity index (χ3n) is 5.69. The zero-order valence-electron chi connectivity index (χ0n) is 18.6. The summed E-state index contributed by atoms with van der Waals surface area (Å²) in [5.74, 6) is 0.0910. The molecular weight excluding hydrogens is 414 g/mol. The summed E-state index contributed by atoms with van der Waals surface area (Å²) in [4.78, 5) is 26.7. The minimum atomic E-state index is -0.345. The Kier molecular flexibility index (Phi) is 4.97. The van der Waals surface area contributed by atoms with E-state index in [-0.39, 0.29) is 17.7 Å². The largest absolute Gasteiger partial charge is 0.369 e. The Labute approximate surface area is 190 Å². The normalized spacial score (nSPS) is 12.2. The molecule has 8 nitrogen and oxygen atoms in total. The lowest BCUT2D eigenvalue weighted by Gasteiger charge is -2.13. The highest BCUT2D eigenvalue weighted by atomic mass is 16.2. The van der Waals surface area contributed by atoms with Gasteiger partial charge in [0.25, 0.3) is 0 Å². The van der Waals surface area contributed by atoms with Crippen molar-refractivity contribution in [1.29, 1.82) is 0 Å². The lowest BCUT2D eigenvalue weighted by molar-refractivity contribution is 0.544. The first-order valence-corrected chi connectivity index (χ1v) is 10.7. The first-order valence-electron chi connectivity index (χ1n) is 10.7. The van der Waals surface area contributed by atoms with E-state index in [4.69, 9.17) is 10.8 Å². The molecule has 164 valence electrons. The van der Waals surface area contributed by atoms with Crippen molar-refractivity contribution in [3.8, 4) is 22.4 Å². The highest BCUT2D eigenvalue weighted by Crippen LogP contribution is 2.35. The van der Waals surface area contributed by atoms with Gasteiger partial charge in [-0.1, -0.05) is 30.3 Å². The lowest BCUT2D eigenvalue weighted by atomic mass is 9.99. The second-order valence-corrected chi connectivity index (χ2v) is 8.04. The molecule has 4 aromatic heterocycles. The zero-order chi connectivity index (χ0) is 23.1. The molecule has 1 atom stereocenters. The number of aromatic nitrogens is 6. The number of nitrogen functional groups attached to an aromatic ring is 1. The van der Waals surface area contributed by atoms with E-state index in [1.165, 1.54) is 9.08 Å². The molecule has 0 bridgehead atoms. The fraction of sp³-hybridized carbons (Fsp3) is 0.160. The fourth-order valence-corrected chi connectivity index (χ4v) is 4.16. The van der Waals surface area contributed by atoms with Crippen LogP contribution in [0, 0.1) is 13.8 Å². The number of anilines is 1. The predicted molar refractivity (Wildman–Crippen MR) is 128 cm³/mol. The summed E-state index contributed by atoms with van der Waals surface area (Å²) >= 11 is 0. The van der Waals surface area contributed by atoms with E-state index >= 15 is 0 Å². The molecular formula is C25H23N7O. The standard InChI is InChI=1S/C25H23N7O/c1-15-13-20(14-16(2)28-15)21-22(19-7-5-4-6-8-19)29-24(26)31-23(21)30-32(25(31)33)17(3)18-9-11-27-12-10-18/h4-14,17H,1-3H3,(H2,26,29)/t17-/m1/s1.